The van der Waals surface area contributed by atoms with Crippen LogP contribution in [-0.2, 0) is 0 Å². The monoisotopic (exact) mass is 133 g/mol. The van der Waals surface area contributed by atoms with E-state index in [1.165, 1.54) is 0 Å². The Bertz CT molecular complexity index is 163. The van der Waals surface area contributed by atoms with Crippen LogP contribution in [0.5, 0.6) is 0 Å². The second-order valence-corrected chi connectivity index (χ2v) is 1.97. The van der Waals surface area contributed by atoms with Crippen molar-refractivity contribution in [3.63, 3.8) is 0 Å². The van der Waals surface area contributed by atoms with E-state index < -0.39 is 0 Å². The first-order valence-electron chi connectivity index (χ1n) is 3.38. The molecular formula is C9H11N. The third-order valence-electron chi connectivity index (χ3n) is 1.14. The molecule has 0 unspecified atom stereocenters. The molecule has 0 bridgehead atoms. The first-order valence-corrected chi connectivity index (χ1v) is 3.38. The van der Waals surface area contributed by atoms with Crippen molar-refractivity contribution in [1.29, 1.82) is 0 Å². The lowest BCUT2D eigenvalue weighted by Crippen LogP contribution is -2.02. The molecule has 0 aromatic carbocycles. The fourth-order valence-electron chi connectivity index (χ4n) is 0.663. The Kier molecular flexibility index (Phi) is 3.18. The van der Waals surface area contributed by atoms with E-state index in [2.05, 4.69) is 11.4 Å². The molecule has 1 N–H and O–H groups in total. The molecule has 0 amide bonds. The van der Waals surface area contributed by atoms with Crippen molar-refractivity contribution in [1.82, 2.24) is 5.32 Å². The summed E-state index contributed by atoms with van der Waals surface area (Å²) in [4.78, 5) is 0. The minimum absolute atomic E-state index is 0.898. The van der Waals surface area contributed by atoms with Crippen molar-refractivity contribution < 1.29 is 0 Å². The molecule has 0 radical (unpaired) electrons. The van der Waals surface area contributed by atoms with Gasteiger partial charge in [-0.3, -0.25) is 0 Å². The molecule has 0 aromatic rings. The summed E-state index contributed by atoms with van der Waals surface area (Å²) in [6, 6.07) is 0. The van der Waals surface area contributed by atoms with Crippen LogP contribution in [0.25, 0.3) is 0 Å². The Labute approximate surface area is 61.4 Å². The Morgan fingerprint density at radius 1 is 0.800 bits per heavy atom. The van der Waals surface area contributed by atoms with Gasteiger partial charge in [-0.05, 0) is 12.3 Å². The molecular weight excluding hydrogens is 122 g/mol. The lowest BCUT2D eigenvalue weighted by molar-refractivity contribution is 0.985. The number of allylic oxidation sites excluding steroid dienone is 6. The molecule has 1 nitrogen and oxygen atoms in total. The van der Waals surface area contributed by atoms with E-state index in [-0.39, 0.29) is 0 Å². The van der Waals surface area contributed by atoms with Gasteiger partial charge in [-0.2, -0.15) is 0 Å². The average Bonchev–Trinajstić information content (AvgIpc) is 2.01. The van der Waals surface area contributed by atoms with Crippen LogP contribution in [0.1, 0.15) is 0 Å². The van der Waals surface area contributed by atoms with Gasteiger partial charge in [0.1, 0.15) is 0 Å². The van der Waals surface area contributed by atoms with E-state index >= 15 is 0 Å². The summed E-state index contributed by atoms with van der Waals surface area (Å²) in [5, 5.41) is 3.10. The summed E-state index contributed by atoms with van der Waals surface area (Å²) in [6.07, 6.45) is 16.0. The van der Waals surface area contributed by atoms with Crippen molar-refractivity contribution in [2.75, 3.05) is 6.54 Å². The molecule has 1 rings (SSSR count). The molecule has 52 valence electrons. The smallest absolute Gasteiger partial charge is 0.0328 e. The Balaban J connectivity index is 2.53. The molecule has 10 heavy (non-hydrogen) atoms. The third-order valence-corrected chi connectivity index (χ3v) is 1.14. The molecule has 1 heterocycles. The molecule has 0 saturated carbocycles. The van der Waals surface area contributed by atoms with Crippen LogP contribution in [0.2, 0.25) is 0 Å². The largest absolute Gasteiger partial charge is 0.387 e. The van der Waals surface area contributed by atoms with E-state index in [9.17, 15) is 0 Å². The highest BCUT2D eigenvalue weighted by molar-refractivity contribution is 5.16. The van der Waals surface area contributed by atoms with Gasteiger partial charge >= 0.3 is 0 Å². The first kappa shape index (κ1) is 6.87. The van der Waals surface area contributed by atoms with Crippen LogP contribution in [0.3, 0.4) is 0 Å². The van der Waals surface area contributed by atoms with Gasteiger partial charge in [-0.1, -0.05) is 36.5 Å². The van der Waals surface area contributed by atoms with Crippen LogP contribution < -0.4 is 5.32 Å². The highest BCUT2D eigenvalue weighted by atomic mass is 14.8. The van der Waals surface area contributed by atoms with Gasteiger partial charge in [0.2, 0.25) is 0 Å². The number of rotatable bonds is 0. The highest BCUT2D eigenvalue weighted by Crippen LogP contribution is 1.83. The summed E-state index contributed by atoms with van der Waals surface area (Å²) >= 11 is 0. The van der Waals surface area contributed by atoms with E-state index in [1.807, 2.05) is 42.7 Å². The Hall–Kier alpha value is -1.24. The predicted molar refractivity (Wildman–Crippen MR) is 44.6 cm³/mol. The normalized spacial score (nSPS) is 29.6. The number of hydrogen-bond donors (Lipinski definition) is 1. The van der Waals surface area contributed by atoms with Crippen molar-refractivity contribution in [2.45, 2.75) is 0 Å². The van der Waals surface area contributed by atoms with Gasteiger partial charge in [-0.25, -0.2) is 0 Å². The molecule has 0 saturated heterocycles. The molecule has 1 aliphatic rings. The van der Waals surface area contributed by atoms with Gasteiger partial charge in [0, 0.05) is 6.54 Å². The molecule has 1 heteroatoms. The van der Waals surface area contributed by atoms with E-state index in [4.69, 9.17) is 0 Å². The highest BCUT2D eigenvalue weighted by Gasteiger charge is 1.71. The lowest BCUT2D eigenvalue weighted by Gasteiger charge is -1.91. The average molecular weight is 133 g/mol. The Morgan fingerprint density at radius 2 is 1.50 bits per heavy atom. The van der Waals surface area contributed by atoms with Crippen molar-refractivity contribution >= 4 is 0 Å². The summed E-state index contributed by atoms with van der Waals surface area (Å²) in [7, 11) is 0. The van der Waals surface area contributed by atoms with Crippen LogP contribution in [0.15, 0.2) is 48.7 Å². The topological polar surface area (TPSA) is 12.0 Å². The second kappa shape index (κ2) is 4.62. The van der Waals surface area contributed by atoms with Crippen LogP contribution >= 0.6 is 0 Å². The van der Waals surface area contributed by atoms with Gasteiger partial charge in [0.05, 0.1) is 0 Å². The third kappa shape index (κ3) is 2.92. The summed E-state index contributed by atoms with van der Waals surface area (Å²) in [5.41, 5.74) is 0. The second-order valence-electron chi connectivity index (χ2n) is 1.97. The molecule has 0 aliphatic carbocycles. The minimum Gasteiger partial charge on any atom is -0.387 e. The van der Waals surface area contributed by atoms with E-state index in [1.54, 1.807) is 0 Å². The predicted octanol–water partition coefficient (Wildman–Crippen LogP) is 1.77. The SMILES string of the molecule is C1=C\C=C/CN/C=C\C=C/1. The standard InChI is InChI=1S/C9H11N/c1-2-4-6-8-10-9-7-5-3-1/h1-8,10H,9H2/b3-1-,4-2-,7-5-,8-6-. The van der Waals surface area contributed by atoms with Crippen molar-refractivity contribution in [2.24, 2.45) is 0 Å². The van der Waals surface area contributed by atoms with E-state index in [0.717, 1.165) is 6.54 Å². The van der Waals surface area contributed by atoms with Crippen molar-refractivity contribution in [3.05, 3.63) is 48.7 Å². The molecule has 1 aliphatic heterocycles. The number of hydrogen-bond acceptors (Lipinski definition) is 1. The van der Waals surface area contributed by atoms with Gasteiger partial charge in [0.15, 0.2) is 0 Å². The van der Waals surface area contributed by atoms with Crippen molar-refractivity contribution in [3.8, 4) is 0 Å². The molecule has 0 spiro atoms. The van der Waals surface area contributed by atoms with Crippen LogP contribution in [-0.4, -0.2) is 6.54 Å². The fraction of sp³-hybridized carbons (Fsp3) is 0.111. The minimum atomic E-state index is 0.898. The molecule has 0 atom stereocenters. The quantitative estimate of drug-likeness (QED) is 0.531. The van der Waals surface area contributed by atoms with Gasteiger partial charge in [0.25, 0.3) is 0 Å². The Morgan fingerprint density at radius 3 is 2.40 bits per heavy atom. The summed E-state index contributed by atoms with van der Waals surface area (Å²) in [5.74, 6) is 0. The zero-order valence-electron chi connectivity index (χ0n) is 5.83. The zero-order valence-corrected chi connectivity index (χ0v) is 5.83. The maximum atomic E-state index is 3.10. The zero-order chi connectivity index (χ0) is 7.07. The maximum absolute atomic E-state index is 3.10. The number of nitrogens with one attached hydrogen (secondary N) is 1. The summed E-state index contributed by atoms with van der Waals surface area (Å²) < 4.78 is 0. The lowest BCUT2D eigenvalue weighted by atomic mass is 10.4. The fourth-order valence-corrected chi connectivity index (χ4v) is 0.663. The molecule has 0 fully saturated rings. The maximum Gasteiger partial charge on any atom is 0.0328 e. The van der Waals surface area contributed by atoms with Crippen LogP contribution in [0.4, 0.5) is 0 Å². The van der Waals surface area contributed by atoms with Crippen LogP contribution in [0, 0.1) is 0 Å². The summed E-state index contributed by atoms with van der Waals surface area (Å²) in [6.45, 7) is 0.898. The van der Waals surface area contributed by atoms with E-state index in [0.29, 0.717) is 0 Å². The van der Waals surface area contributed by atoms with Gasteiger partial charge in [-0.15, -0.1) is 0 Å². The molecule has 0 aromatic heterocycles. The van der Waals surface area contributed by atoms with Gasteiger partial charge < -0.3 is 5.32 Å². The first-order chi connectivity index (χ1) is 5.00.